The van der Waals surface area contributed by atoms with E-state index in [1.807, 2.05) is 42.5 Å². The summed E-state index contributed by atoms with van der Waals surface area (Å²) in [4.78, 5) is 24.2. The van der Waals surface area contributed by atoms with Crippen molar-refractivity contribution in [1.29, 1.82) is 0 Å². The highest BCUT2D eigenvalue weighted by Crippen LogP contribution is 2.24. The number of rotatable bonds is 7. The molecule has 7 nitrogen and oxygen atoms in total. The maximum absolute atomic E-state index is 13.5. The molecule has 1 unspecified atom stereocenters. The minimum Gasteiger partial charge on any atom is -0.493 e. The number of nitrogens with zero attached hydrogens (tertiary/aromatic N) is 2. The first-order valence-corrected chi connectivity index (χ1v) is 10.1. The van der Waals surface area contributed by atoms with Crippen LogP contribution in [0.1, 0.15) is 28.5 Å². The molecule has 0 saturated heterocycles. The van der Waals surface area contributed by atoms with Crippen LogP contribution in [-0.4, -0.2) is 31.9 Å². The number of benzene rings is 3. The zero-order valence-electron chi connectivity index (χ0n) is 17.4. The Labute approximate surface area is 188 Å². The van der Waals surface area contributed by atoms with Gasteiger partial charge in [-0.3, -0.25) is 9.59 Å². The van der Waals surface area contributed by atoms with Crippen molar-refractivity contribution in [2.24, 2.45) is 0 Å². The summed E-state index contributed by atoms with van der Waals surface area (Å²) in [6, 6.07) is 22.6. The lowest BCUT2D eigenvalue weighted by atomic mass is 9.99. The maximum Gasteiger partial charge on any atom is 0.305 e. The Morgan fingerprint density at radius 1 is 0.939 bits per heavy atom. The van der Waals surface area contributed by atoms with Gasteiger partial charge in [0, 0.05) is 6.07 Å². The highest BCUT2D eigenvalue weighted by molar-refractivity contribution is 5.93. The standard InChI is InChI=1S/C25H20FN3O4/c26-19-7-4-8-20(13-19)29-23(30)14-22(28-29)25(33)27-21(15-24(31)32)18-11-9-17(10-12-18)16-5-2-1-3-6-16/h1-14,21,30H,15H2,(H,27,33)(H,31,32). The van der Waals surface area contributed by atoms with E-state index in [0.717, 1.165) is 27.9 Å². The summed E-state index contributed by atoms with van der Waals surface area (Å²) in [7, 11) is 0. The van der Waals surface area contributed by atoms with Gasteiger partial charge in [-0.05, 0) is 34.9 Å². The van der Waals surface area contributed by atoms with Gasteiger partial charge in [-0.15, -0.1) is 0 Å². The van der Waals surface area contributed by atoms with Crippen molar-refractivity contribution in [2.45, 2.75) is 12.5 Å². The molecular weight excluding hydrogens is 425 g/mol. The van der Waals surface area contributed by atoms with E-state index in [1.54, 1.807) is 12.1 Å². The van der Waals surface area contributed by atoms with Crippen molar-refractivity contribution >= 4 is 11.9 Å². The smallest absolute Gasteiger partial charge is 0.305 e. The number of hydrogen-bond donors (Lipinski definition) is 3. The van der Waals surface area contributed by atoms with Gasteiger partial charge in [-0.2, -0.15) is 5.10 Å². The Kier molecular flexibility index (Phi) is 6.17. The van der Waals surface area contributed by atoms with E-state index >= 15 is 0 Å². The van der Waals surface area contributed by atoms with E-state index in [2.05, 4.69) is 10.4 Å². The summed E-state index contributed by atoms with van der Waals surface area (Å²) in [5, 5.41) is 26.2. The first-order valence-electron chi connectivity index (χ1n) is 10.1. The fourth-order valence-electron chi connectivity index (χ4n) is 3.48. The second kappa shape index (κ2) is 9.35. The zero-order valence-corrected chi connectivity index (χ0v) is 17.4. The van der Waals surface area contributed by atoms with E-state index < -0.39 is 23.7 Å². The third-order valence-electron chi connectivity index (χ3n) is 5.08. The molecule has 0 radical (unpaired) electrons. The van der Waals surface area contributed by atoms with Gasteiger partial charge in [0.1, 0.15) is 5.82 Å². The molecule has 0 aliphatic carbocycles. The van der Waals surface area contributed by atoms with Crippen LogP contribution in [0.3, 0.4) is 0 Å². The highest BCUT2D eigenvalue weighted by Gasteiger charge is 2.22. The molecule has 3 aromatic carbocycles. The Hall–Kier alpha value is -4.46. The molecule has 1 aromatic heterocycles. The van der Waals surface area contributed by atoms with E-state index in [-0.39, 0.29) is 23.7 Å². The molecule has 1 atom stereocenters. The van der Waals surface area contributed by atoms with Gasteiger partial charge in [0.15, 0.2) is 5.69 Å². The molecule has 33 heavy (non-hydrogen) atoms. The summed E-state index contributed by atoms with van der Waals surface area (Å²) in [6.45, 7) is 0. The molecule has 0 spiro atoms. The molecule has 0 saturated carbocycles. The van der Waals surface area contributed by atoms with E-state index in [0.29, 0.717) is 5.56 Å². The summed E-state index contributed by atoms with van der Waals surface area (Å²) >= 11 is 0. The lowest BCUT2D eigenvalue weighted by Crippen LogP contribution is -2.30. The molecule has 4 aromatic rings. The number of aromatic nitrogens is 2. The minimum absolute atomic E-state index is 0.131. The first kappa shape index (κ1) is 21.8. The van der Waals surface area contributed by atoms with E-state index in [1.165, 1.54) is 18.2 Å². The van der Waals surface area contributed by atoms with Crippen LogP contribution in [-0.2, 0) is 4.79 Å². The van der Waals surface area contributed by atoms with Gasteiger partial charge < -0.3 is 15.5 Å². The normalized spacial score (nSPS) is 11.7. The Bertz CT molecular complexity index is 1290. The lowest BCUT2D eigenvalue weighted by Gasteiger charge is -2.17. The van der Waals surface area contributed by atoms with Crippen LogP contribution in [0.4, 0.5) is 4.39 Å². The van der Waals surface area contributed by atoms with Crippen molar-refractivity contribution in [3.05, 3.63) is 102 Å². The summed E-state index contributed by atoms with van der Waals surface area (Å²) < 4.78 is 14.5. The van der Waals surface area contributed by atoms with Crippen LogP contribution in [0, 0.1) is 5.82 Å². The topological polar surface area (TPSA) is 104 Å². The van der Waals surface area contributed by atoms with Crippen LogP contribution in [0.15, 0.2) is 84.9 Å². The molecule has 4 rings (SSSR count). The van der Waals surface area contributed by atoms with Crippen molar-refractivity contribution in [2.75, 3.05) is 0 Å². The van der Waals surface area contributed by atoms with Crippen molar-refractivity contribution < 1.29 is 24.2 Å². The fourth-order valence-corrected chi connectivity index (χ4v) is 3.48. The summed E-state index contributed by atoms with van der Waals surface area (Å²) in [5.74, 6) is -2.62. The largest absolute Gasteiger partial charge is 0.493 e. The van der Waals surface area contributed by atoms with Crippen LogP contribution in [0.5, 0.6) is 5.88 Å². The number of carbonyl (C=O) groups is 2. The number of amides is 1. The molecule has 8 heteroatoms. The Morgan fingerprint density at radius 2 is 1.64 bits per heavy atom. The van der Waals surface area contributed by atoms with Crippen molar-refractivity contribution in [3.8, 4) is 22.7 Å². The minimum atomic E-state index is -1.08. The maximum atomic E-state index is 13.5. The fraction of sp³-hybridized carbons (Fsp3) is 0.0800. The molecule has 1 heterocycles. The van der Waals surface area contributed by atoms with Gasteiger partial charge in [-0.25, -0.2) is 9.07 Å². The van der Waals surface area contributed by atoms with Crippen molar-refractivity contribution in [1.82, 2.24) is 15.1 Å². The van der Waals surface area contributed by atoms with Gasteiger partial charge >= 0.3 is 5.97 Å². The summed E-state index contributed by atoms with van der Waals surface area (Å²) in [6.07, 6.45) is -0.340. The number of hydrogen-bond acceptors (Lipinski definition) is 4. The molecule has 0 fully saturated rings. The third kappa shape index (κ3) is 5.07. The lowest BCUT2D eigenvalue weighted by molar-refractivity contribution is -0.137. The van der Waals surface area contributed by atoms with Gasteiger partial charge in [0.25, 0.3) is 5.91 Å². The highest BCUT2D eigenvalue weighted by atomic mass is 19.1. The van der Waals surface area contributed by atoms with Crippen molar-refractivity contribution in [3.63, 3.8) is 0 Å². The Balaban J connectivity index is 1.56. The average molecular weight is 445 g/mol. The molecule has 0 bridgehead atoms. The number of carboxylic acids is 1. The number of nitrogens with one attached hydrogen (secondary N) is 1. The molecule has 3 N–H and O–H groups in total. The number of halogens is 1. The number of carbonyl (C=O) groups excluding carboxylic acids is 1. The SMILES string of the molecule is O=C(O)CC(NC(=O)c1cc(O)n(-c2cccc(F)c2)n1)c1ccc(-c2ccccc2)cc1. The first-order chi connectivity index (χ1) is 15.9. The predicted octanol–water partition coefficient (Wildman–Crippen LogP) is 4.33. The molecule has 166 valence electrons. The molecule has 0 aliphatic heterocycles. The number of aliphatic carboxylic acids is 1. The van der Waals surface area contributed by atoms with Crippen LogP contribution < -0.4 is 5.32 Å². The molecular formula is C25H20FN3O4. The number of aromatic hydroxyl groups is 1. The van der Waals surface area contributed by atoms with Crippen LogP contribution in [0.2, 0.25) is 0 Å². The van der Waals surface area contributed by atoms with Gasteiger partial charge in [0.2, 0.25) is 5.88 Å². The second-order valence-corrected chi connectivity index (χ2v) is 7.39. The monoisotopic (exact) mass is 445 g/mol. The van der Waals surface area contributed by atoms with Gasteiger partial charge in [0.05, 0.1) is 18.2 Å². The second-order valence-electron chi connectivity index (χ2n) is 7.39. The van der Waals surface area contributed by atoms with E-state index in [9.17, 15) is 24.2 Å². The van der Waals surface area contributed by atoms with Gasteiger partial charge in [-0.1, -0.05) is 60.7 Å². The predicted molar refractivity (Wildman–Crippen MR) is 120 cm³/mol. The summed E-state index contributed by atoms with van der Waals surface area (Å²) in [5.41, 5.74) is 2.69. The Morgan fingerprint density at radius 3 is 2.30 bits per heavy atom. The third-order valence-corrected chi connectivity index (χ3v) is 5.08. The number of carboxylic acid groups (broad SMARTS) is 1. The van der Waals surface area contributed by atoms with Crippen LogP contribution in [0.25, 0.3) is 16.8 Å². The average Bonchev–Trinajstić information content (AvgIpc) is 3.21. The molecule has 1 amide bonds. The zero-order chi connectivity index (χ0) is 23.4. The molecule has 0 aliphatic rings. The van der Waals surface area contributed by atoms with E-state index in [4.69, 9.17) is 0 Å². The quantitative estimate of drug-likeness (QED) is 0.393. The van der Waals surface area contributed by atoms with Crippen LogP contribution >= 0.6 is 0 Å².